The highest BCUT2D eigenvalue weighted by atomic mass is 16.5. The van der Waals surface area contributed by atoms with Crippen LogP contribution in [-0.2, 0) is 6.42 Å². The molecule has 0 radical (unpaired) electrons. The fourth-order valence-corrected chi connectivity index (χ4v) is 3.35. The lowest BCUT2D eigenvalue weighted by Gasteiger charge is -2.30. The van der Waals surface area contributed by atoms with Crippen LogP contribution in [0.1, 0.15) is 35.0 Å². The largest absolute Gasteiger partial charge is 0.479 e. The average molecular weight is 308 g/mol. The standard InChI is InChI=1S/C19H20N2O2/c1-12-13(2)21-11-5-8-17(19(21)20-12)23-18-15-7-4-3-6-14(15)9-10-16(18)22/h3-8,11,16,18,22H,9-10H2,1-2H3/t16-,18-/m1/s1. The Balaban J connectivity index is 1.78. The smallest absolute Gasteiger partial charge is 0.180 e. The summed E-state index contributed by atoms with van der Waals surface area (Å²) in [6, 6.07) is 12.1. The summed E-state index contributed by atoms with van der Waals surface area (Å²) in [4.78, 5) is 4.62. The van der Waals surface area contributed by atoms with Gasteiger partial charge in [0.15, 0.2) is 11.4 Å². The van der Waals surface area contributed by atoms with Gasteiger partial charge in [-0.15, -0.1) is 0 Å². The highest BCUT2D eigenvalue weighted by molar-refractivity contribution is 5.56. The van der Waals surface area contributed by atoms with Crippen LogP contribution in [0.15, 0.2) is 42.6 Å². The second kappa shape index (κ2) is 5.39. The fraction of sp³-hybridized carbons (Fsp3) is 0.316. The Morgan fingerprint density at radius 2 is 2.00 bits per heavy atom. The van der Waals surface area contributed by atoms with Crippen molar-refractivity contribution in [2.45, 2.75) is 38.9 Å². The van der Waals surface area contributed by atoms with Gasteiger partial charge in [-0.1, -0.05) is 24.3 Å². The number of rotatable bonds is 2. The molecule has 1 aromatic carbocycles. The van der Waals surface area contributed by atoms with Crippen molar-refractivity contribution in [2.24, 2.45) is 0 Å². The molecule has 4 rings (SSSR count). The first-order valence-electron chi connectivity index (χ1n) is 8.02. The molecule has 0 amide bonds. The molecule has 2 atom stereocenters. The van der Waals surface area contributed by atoms with Crippen LogP contribution in [0, 0.1) is 13.8 Å². The Hall–Kier alpha value is -2.33. The minimum Gasteiger partial charge on any atom is -0.479 e. The van der Waals surface area contributed by atoms with E-state index in [4.69, 9.17) is 4.74 Å². The van der Waals surface area contributed by atoms with Crippen molar-refractivity contribution in [2.75, 3.05) is 0 Å². The van der Waals surface area contributed by atoms with E-state index in [0.29, 0.717) is 5.75 Å². The molecule has 0 unspecified atom stereocenters. The SMILES string of the molecule is Cc1nc2c(O[C@@H]3c4ccccc4CC[C@H]3O)cccn2c1C. The average Bonchev–Trinajstić information content (AvgIpc) is 2.86. The predicted octanol–water partition coefficient (Wildman–Crippen LogP) is 3.38. The normalized spacial score (nSPS) is 20.5. The van der Waals surface area contributed by atoms with Crippen molar-refractivity contribution < 1.29 is 9.84 Å². The zero-order chi connectivity index (χ0) is 16.0. The Labute approximate surface area is 135 Å². The number of pyridine rings is 1. The van der Waals surface area contributed by atoms with E-state index in [0.717, 1.165) is 35.4 Å². The molecule has 1 N–H and O–H groups in total. The number of nitrogens with zero attached hydrogens (tertiary/aromatic N) is 2. The Bertz CT molecular complexity index is 869. The molecule has 4 heteroatoms. The number of hydrogen-bond donors (Lipinski definition) is 1. The number of benzene rings is 1. The minimum atomic E-state index is -0.498. The maximum absolute atomic E-state index is 10.5. The van der Waals surface area contributed by atoms with Crippen LogP contribution >= 0.6 is 0 Å². The van der Waals surface area contributed by atoms with Crippen molar-refractivity contribution in [3.05, 3.63) is 65.1 Å². The van der Waals surface area contributed by atoms with Gasteiger partial charge in [0, 0.05) is 11.9 Å². The first-order chi connectivity index (χ1) is 11.1. The van der Waals surface area contributed by atoms with Gasteiger partial charge in [0.2, 0.25) is 0 Å². The fourth-order valence-electron chi connectivity index (χ4n) is 3.35. The number of fused-ring (bicyclic) bond motifs is 2. The van der Waals surface area contributed by atoms with E-state index in [1.165, 1.54) is 5.56 Å². The third kappa shape index (κ3) is 2.30. The molecule has 4 nitrogen and oxygen atoms in total. The number of aromatic nitrogens is 2. The van der Waals surface area contributed by atoms with Crippen LogP contribution in [-0.4, -0.2) is 20.6 Å². The van der Waals surface area contributed by atoms with Crippen LogP contribution in [0.3, 0.4) is 0 Å². The lowest BCUT2D eigenvalue weighted by molar-refractivity contribution is 0.0234. The number of aliphatic hydroxyl groups is 1. The predicted molar refractivity (Wildman–Crippen MR) is 88.8 cm³/mol. The van der Waals surface area contributed by atoms with Crippen LogP contribution in [0.25, 0.3) is 5.65 Å². The minimum absolute atomic E-state index is 0.344. The number of aryl methyl sites for hydroxylation is 3. The monoisotopic (exact) mass is 308 g/mol. The first-order valence-corrected chi connectivity index (χ1v) is 8.02. The molecule has 1 aliphatic rings. The number of aliphatic hydroxyl groups excluding tert-OH is 1. The molecule has 2 heterocycles. The van der Waals surface area contributed by atoms with E-state index < -0.39 is 6.10 Å². The molecular formula is C19H20N2O2. The molecule has 3 aromatic rings. The van der Waals surface area contributed by atoms with Crippen LogP contribution in [0.4, 0.5) is 0 Å². The molecule has 0 aliphatic heterocycles. The van der Waals surface area contributed by atoms with Gasteiger partial charge in [-0.05, 0) is 49.9 Å². The second-order valence-electron chi connectivity index (χ2n) is 6.19. The third-order valence-corrected chi connectivity index (χ3v) is 4.76. The van der Waals surface area contributed by atoms with Crippen LogP contribution < -0.4 is 4.74 Å². The highest BCUT2D eigenvalue weighted by Gasteiger charge is 2.30. The molecule has 0 spiro atoms. The van der Waals surface area contributed by atoms with Crippen molar-refractivity contribution in [3.63, 3.8) is 0 Å². The van der Waals surface area contributed by atoms with E-state index in [1.807, 2.05) is 54.8 Å². The Morgan fingerprint density at radius 3 is 2.87 bits per heavy atom. The zero-order valence-corrected chi connectivity index (χ0v) is 13.4. The molecule has 2 aromatic heterocycles. The summed E-state index contributed by atoms with van der Waals surface area (Å²) in [5, 5.41) is 10.5. The molecule has 1 aliphatic carbocycles. The molecule has 0 bridgehead atoms. The van der Waals surface area contributed by atoms with Gasteiger partial charge in [0.1, 0.15) is 6.10 Å². The van der Waals surface area contributed by atoms with Crippen LogP contribution in [0.2, 0.25) is 0 Å². The van der Waals surface area contributed by atoms with Crippen LogP contribution in [0.5, 0.6) is 5.75 Å². The van der Waals surface area contributed by atoms with E-state index in [9.17, 15) is 5.11 Å². The van der Waals surface area contributed by atoms with Gasteiger partial charge in [-0.25, -0.2) is 4.98 Å². The summed E-state index contributed by atoms with van der Waals surface area (Å²) in [5.41, 5.74) is 5.23. The summed E-state index contributed by atoms with van der Waals surface area (Å²) in [6.45, 7) is 4.04. The lowest BCUT2D eigenvalue weighted by atomic mass is 9.87. The quantitative estimate of drug-likeness (QED) is 0.789. The van der Waals surface area contributed by atoms with E-state index >= 15 is 0 Å². The molecule has 0 fully saturated rings. The molecular weight excluding hydrogens is 288 g/mol. The summed E-state index contributed by atoms with van der Waals surface area (Å²) in [7, 11) is 0. The highest BCUT2D eigenvalue weighted by Crippen LogP contribution is 2.35. The lowest BCUT2D eigenvalue weighted by Crippen LogP contribution is -2.29. The van der Waals surface area contributed by atoms with E-state index in [2.05, 4.69) is 11.1 Å². The summed E-state index contributed by atoms with van der Waals surface area (Å²) in [5.74, 6) is 0.712. The zero-order valence-electron chi connectivity index (χ0n) is 13.4. The number of imidazole rings is 1. The van der Waals surface area contributed by atoms with Gasteiger partial charge in [0.05, 0.1) is 11.8 Å². The summed E-state index contributed by atoms with van der Waals surface area (Å²) < 4.78 is 8.28. The van der Waals surface area contributed by atoms with Crippen molar-refractivity contribution in [1.29, 1.82) is 0 Å². The first kappa shape index (κ1) is 14.3. The topological polar surface area (TPSA) is 46.8 Å². The van der Waals surface area contributed by atoms with Gasteiger partial charge in [-0.3, -0.25) is 0 Å². The molecule has 118 valence electrons. The molecule has 0 saturated carbocycles. The molecule has 0 saturated heterocycles. The maximum Gasteiger partial charge on any atom is 0.180 e. The second-order valence-corrected chi connectivity index (χ2v) is 6.19. The Kier molecular flexibility index (Phi) is 3.34. The number of ether oxygens (including phenoxy) is 1. The summed E-state index contributed by atoms with van der Waals surface area (Å²) >= 11 is 0. The van der Waals surface area contributed by atoms with Gasteiger partial charge >= 0.3 is 0 Å². The van der Waals surface area contributed by atoms with Crippen molar-refractivity contribution in [3.8, 4) is 5.75 Å². The third-order valence-electron chi connectivity index (χ3n) is 4.76. The van der Waals surface area contributed by atoms with Gasteiger partial charge in [-0.2, -0.15) is 0 Å². The summed E-state index contributed by atoms with van der Waals surface area (Å²) in [6.07, 6.45) is 2.76. The Morgan fingerprint density at radius 1 is 1.17 bits per heavy atom. The molecule has 23 heavy (non-hydrogen) atoms. The van der Waals surface area contributed by atoms with Crippen molar-refractivity contribution >= 4 is 5.65 Å². The van der Waals surface area contributed by atoms with E-state index in [-0.39, 0.29) is 6.10 Å². The van der Waals surface area contributed by atoms with Crippen molar-refractivity contribution in [1.82, 2.24) is 9.38 Å². The number of hydrogen-bond acceptors (Lipinski definition) is 3. The van der Waals surface area contributed by atoms with E-state index in [1.54, 1.807) is 0 Å². The van der Waals surface area contributed by atoms with Gasteiger partial charge < -0.3 is 14.2 Å². The maximum atomic E-state index is 10.5. The van der Waals surface area contributed by atoms with Gasteiger partial charge in [0.25, 0.3) is 0 Å².